The van der Waals surface area contributed by atoms with Gasteiger partial charge in [0.1, 0.15) is 0 Å². The Bertz CT molecular complexity index is 179. The summed E-state index contributed by atoms with van der Waals surface area (Å²) < 4.78 is 0. The number of piperazine rings is 1. The smallest absolute Gasteiger partial charge is 0.0198 e. The van der Waals surface area contributed by atoms with Crippen LogP contribution in [0.15, 0.2) is 0 Å². The Morgan fingerprint density at radius 2 is 1.80 bits per heavy atom. The second-order valence-electron chi connectivity index (χ2n) is 5.34. The van der Waals surface area contributed by atoms with Gasteiger partial charge in [-0.15, -0.1) is 0 Å². The summed E-state index contributed by atoms with van der Waals surface area (Å²) in [5.74, 6) is 0. The summed E-state index contributed by atoms with van der Waals surface area (Å²) in [5.41, 5.74) is 0. The standard InChI is InChI=1S/C13H28N2/c1-6-7-8-14-9-13(5)15(11(2)3)10-12(14)4/h11-13H,6-10H2,1-5H3/t12-,13-/m1/s1. The molecular weight excluding hydrogens is 184 g/mol. The minimum Gasteiger partial charge on any atom is -0.298 e. The molecule has 0 spiro atoms. The topological polar surface area (TPSA) is 6.48 Å². The van der Waals surface area contributed by atoms with E-state index in [1.165, 1.54) is 32.5 Å². The van der Waals surface area contributed by atoms with Gasteiger partial charge in [-0.2, -0.15) is 0 Å². The Balaban J connectivity index is 2.47. The van der Waals surface area contributed by atoms with E-state index in [1.54, 1.807) is 0 Å². The number of unbranched alkanes of at least 4 members (excludes halogenated alkanes) is 1. The predicted octanol–water partition coefficient (Wildman–Crippen LogP) is 2.59. The normalized spacial score (nSPS) is 30.0. The highest BCUT2D eigenvalue weighted by Crippen LogP contribution is 2.17. The lowest BCUT2D eigenvalue weighted by molar-refractivity contribution is 0.0232. The summed E-state index contributed by atoms with van der Waals surface area (Å²) in [6.07, 6.45) is 2.66. The number of rotatable bonds is 4. The van der Waals surface area contributed by atoms with E-state index in [0.717, 1.165) is 12.1 Å². The Morgan fingerprint density at radius 1 is 1.13 bits per heavy atom. The summed E-state index contributed by atoms with van der Waals surface area (Å²) in [6.45, 7) is 15.4. The van der Waals surface area contributed by atoms with E-state index < -0.39 is 0 Å². The van der Waals surface area contributed by atoms with Crippen LogP contribution in [-0.2, 0) is 0 Å². The molecule has 15 heavy (non-hydrogen) atoms. The first-order valence-electron chi connectivity index (χ1n) is 6.56. The van der Waals surface area contributed by atoms with Crippen LogP contribution in [0, 0.1) is 0 Å². The minimum atomic E-state index is 0.691. The maximum absolute atomic E-state index is 2.66. The number of hydrogen-bond acceptors (Lipinski definition) is 2. The first-order valence-corrected chi connectivity index (χ1v) is 6.56. The van der Waals surface area contributed by atoms with Gasteiger partial charge in [0.25, 0.3) is 0 Å². The summed E-state index contributed by atoms with van der Waals surface area (Å²) >= 11 is 0. The second kappa shape index (κ2) is 5.86. The van der Waals surface area contributed by atoms with Crippen molar-refractivity contribution in [3.05, 3.63) is 0 Å². The zero-order valence-electron chi connectivity index (χ0n) is 11.2. The van der Waals surface area contributed by atoms with Gasteiger partial charge in [-0.05, 0) is 40.7 Å². The molecular formula is C13H28N2. The van der Waals surface area contributed by atoms with Crippen molar-refractivity contribution in [3.8, 4) is 0 Å². The SMILES string of the molecule is CCCCN1C[C@@H](C)N(C(C)C)C[C@H]1C. The zero-order chi connectivity index (χ0) is 11.4. The molecule has 1 aliphatic heterocycles. The van der Waals surface area contributed by atoms with Crippen molar-refractivity contribution in [2.75, 3.05) is 19.6 Å². The molecule has 0 aliphatic carbocycles. The number of hydrogen-bond donors (Lipinski definition) is 0. The third-order valence-corrected chi connectivity index (χ3v) is 3.63. The average molecular weight is 212 g/mol. The lowest BCUT2D eigenvalue weighted by atomic mass is 10.1. The van der Waals surface area contributed by atoms with Crippen molar-refractivity contribution in [1.82, 2.24) is 9.80 Å². The van der Waals surface area contributed by atoms with Crippen LogP contribution in [0.3, 0.4) is 0 Å². The zero-order valence-corrected chi connectivity index (χ0v) is 11.2. The molecule has 1 saturated heterocycles. The monoisotopic (exact) mass is 212 g/mol. The molecule has 90 valence electrons. The molecule has 0 radical (unpaired) electrons. The molecule has 0 saturated carbocycles. The van der Waals surface area contributed by atoms with Crippen LogP contribution in [0.1, 0.15) is 47.5 Å². The quantitative estimate of drug-likeness (QED) is 0.707. The van der Waals surface area contributed by atoms with Gasteiger partial charge in [-0.1, -0.05) is 13.3 Å². The fraction of sp³-hybridized carbons (Fsp3) is 1.00. The van der Waals surface area contributed by atoms with E-state index in [-0.39, 0.29) is 0 Å². The van der Waals surface area contributed by atoms with Crippen molar-refractivity contribution in [2.24, 2.45) is 0 Å². The number of nitrogens with zero attached hydrogens (tertiary/aromatic N) is 2. The summed E-state index contributed by atoms with van der Waals surface area (Å²) in [7, 11) is 0. The highest BCUT2D eigenvalue weighted by molar-refractivity contribution is 4.85. The Labute approximate surface area is 95.6 Å². The largest absolute Gasteiger partial charge is 0.298 e. The van der Waals surface area contributed by atoms with Crippen LogP contribution in [0.2, 0.25) is 0 Å². The van der Waals surface area contributed by atoms with Gasteiger partial charge < -0.3 is 0 Å². The highest BCUT2D eigenvalue weighted by atomic mass is 15.3. The summed E-state index contributed by atoms with van der Waals surface area (Å²) in [5, 5.41) is 0. The Kier molecular flexibility index (Phi) is 5.07. The van der Waals surface area contributed by atoms with Crippen LogP contribution in [0.5, 0.6) is 0 Å². The van der Waals surface area contributed by atoms with E-state index in [1.807, 2.05) is 0 Å². The molecule has 0 bridgehead atoms. The van der Waals surface area contributed by atoms with E-state index in [2.05, 4.69) is 44.4 Å². The predicted molar refractivity (Wildman–Crippen MR) is 67.2 cm³/mol. The van der Waals surface area contributed by atoms with Crippen LogP contribution < -0.4 is 0 Å². The lowest BCUT2D eigenvalue weighted by Gasteiger charge is -2.46. The molecule has 0 amide bonds. The van der Waals surface area contributed by atoms with E-state index in [9.17, 15) is 0 Å². The molecule has 0 N–H and O–H groups in total. The van der Waals surface area contributed by atoms with E-state index >= 15 is 0 Å². The molecule has 2 nitrogen and oxygen atoms in total. The average Bonchev–Trinajstić information content (AvgIpc) is 2.18. The first kappa shape index (κ1) is 13.0. The van der Waals surface area contributed by atoms with E-state index in [0.29, 0.717) is 6.04 Å². The third-order valence-electron chi connectivity index (χ3n) is 3.63. The molecule has 1 aliphatic rings. The van der Waals surface area contributed by atoms with Crippen molar-refractivity contribution in [2.45, 2.75) is 65.6 Å². The van der Waals surface area contributed by atoms with Crippen LogP contribution in [-0.4, -0.2) is 47.6 Å². The Morgan fingerprint density at radius 3 is 2.33 bits per heavy atom. The summed E-state index contributed by atoms with van der Waals surface area (Å²) in [4.78, 5) is 5.29. The van der Waals surface area contributed by atoms with Crippen molar-refractivity contribution in [3.63, 3.8) is 0 Å². The van der Waals surface area contributed by atoms with E-state index in [4.69, 9.17) is 0 Å². The molecule has 1 fully saturated rings. The van der Waals surface area contributed by atoms with Gasteiger partial charge in [0, 0.05) is 31.2 Å². The fourth-order valence-electron chi connectivity index (χ4n) is 2.62. The van der Waals surface area contributed by atoms with Crippen LogP contribution in [0.25, 0.3) is 0 Å². The maximum atomic E-state index is 2.66. The van der Waals surface area contributed by atoms with Crippen molar-refractivity contribution >= 4 is 0 Å². The van der Waals surface area contributed by atoms with Gasteiger partial charge >= 0.3 is 0 Å². The molecule has 1 heterocycles. The fourth-order valence-corrected chi connectivity index (χ4v) is 2.62. The van der Waals surface area contributed by atoms with Crippen molar-refractivity contribution in [1.29, 1.82) is 0 Å². The van der Waals surface area contributed by atoms with Gasteiger partial charge in [0.15, 0.2) is 0 Å². The molecule has 2 atom stereocenters. The molecule has 1 rings (SSSR count). The molecule has 0 unspecified atom stereocenters. The molecule has 0 aromatic heterocycles. The third kappa shape index (κ3) is 3.46. The van der Waals surface area contributed by atoms with Crippen LogP contribution >= 0.6 is 0 Å². The van der Waals surface area contributed by atoms with Gasteiger partial charge in [0.2, 0.25) is 0 Å². The van der Waals surface area contributed by atoms with Crippen molar-refractivity contribution < 1.29 is 0 Å². The van der Waals surface area contributed by atoms with Gasteiger partial charge in [0.05, 0.1) is 0 Å². The first-order chi connectivity index (χ1) is 7.06. The summed E-state index contributed by atoms with van der Waals surface area (Å²) in [6, 6.07) is 2.14. The minimum absolute atomic E-state index is 0.691. The molecule has 0 aromatic carbocycles. The van der Waals surface area contributed by atoms with Gasteiger partial charge in [-0.25, -0.2) is 0 Å². The molecule has 2 heteroatoms. The van der Waals surface area contributed by atoms with Crippen LogP contribution in [0.4, 0.5) is 0 Å². The maximum Gasteiger partial charge on any atom is 0.0198 e. The second-order valence-corrected chi connectivity index (χ2v) is 5.34. The highest BCUT2D eigenvalue weighted by Gasteiger charge is 2.29. The lowest BCUT2D eigenvalue weighted by Crippen LogP contribution is -2.58. The Hall–Kier alpha value is -0.0800. The molecule has 0 aromatic rings. The van der Waals surface area contributed by atoms with Gasteiger partial charge in [-0.3, -0.25) is 9.80 Å².